The zero-order chi connectivity index (χ0) is 8.53. The Balaban J connectivity index is 2.95. The summed E-state index contributed by atoms with van der Waals surface area (Å²) in [6.45, 7) is 2.20. The van der Waals surface area contributed by atoms with E-state index in [0.29, 0.717) is 10.2 Å². The zero-order valence-electron chi connectivity index (χ0n) is 7.24. The van der Waals surface area contributed by atoms with Gasteiger partial charge < -0.3 is 0 Å². The Hall–Kier alpha value is 0.400. The molecule has 1 nitrogen and oxygen atoms in total. The Morgan fingerprint density at radius 3 is 2.36 bits per heavy atom. The normalized spacial score (nSPS) is 10.0. The second kappa shape index (κ2) is 8.50. The Morgan fingerprint density at radius 2 is 1.82 bits per heavy atom. The van der Waals surface area contributed by atoms with Gasteiger partial charge in [0, 0.05) is 6.42 Å². The molecule has 66 valence electrons. The third kappa shape index (κ3) is 8.30. The minimum Gasteiger partial charge on any atom is -0.299 e. The fourth-order valence-corrected chi connectivity index (χ4v) is 1.37. The summed E-state index contributed by atoms with van der Waals surface area (Å²) in [7, 11) is 0. The van der Waals surface area contributed by atoms with Gasteiger partial charge in [-0.15, -0.1) is 0 Å². The largest absolute Gasteiger partial charge is 0.299 e. The maximum Gasteiger partial charge on any atom is 0.142 e. The average molecular weight is 268 g/mol. The summed E-state index contributed by atoms with van der Waals surface area (Å²) < 4.78 is 0.686. The minimum atomic E-state index is 0.405. The first-order valence-corrected chi connectivity index (χ1v) is 5.91. The lowest BCUT2D eigenvalue weighted by molar-refractivity contribution is -0.116. The number of hydrogen-bond acceptors (Lipinski definition) is 1. The fourth-order valence-electron chi connectivity index (χ4n) is 0.993. The molecule has 0 aliphatic rings. The highest BCUT2D eigenvalue weighted by Crippen LogP contribution is 2.05. The molecule has 0 aromatic rings. The van der Waals surface area contributed by atoms with Gasteiger partial charge in [-0.25, -0.2) is 0 Å². The van der Waals surface area contributed by atoms with E-state index in [0.717, 1.165) is 12.8 Å². The van der Waals surface area contributed by atoms with Gasteiger partial charge in [-0.1, -0.05) is 55.2 Å². The number of carbonyl (C=O) groups is 1. The van der Waals surface area contributed by atoms with Crippen molar-refractivity contribution < 1.29 is 4.79 Å². The van der Waals surface area contributed by atoms with E-state index in [2.05, 4.69) is 29.5 Å². The van der Waals surface area contributed by atoms with Crippen LogP contribution < -0.4 is 0 Å². The molecule has 0 aromatic carbocycles. The molecule has 0 unspecified atom stereocenters. The Kier molecular flexibility index (Phi) is 8.81. The molecule has 0 saturated heterocycles. The highest BCUT2D eigenvalue weighted by molar-refractivity contribution is 14.1. The van der Waals surface area contributed by atoms with Crippen LogP contribution in [0.5, 0.6) is 0 Å². The number of hydrogen-bond donors (Lipinski definition) is 0. The van der Waals surface area contributed by atoms with Crippen LogP contribution in [0.4, 0.5) is 0 Å². The number of ketones is 1. The number of halogens is 1. The van der Waals surface area contributed by atoms with Gasteiger partial charge in [-0.3, -0.25) is 4.79 Å². The van der Waals surface area contributed by atoms with E-state index in [1.54, 1.807) is 0 Å². The van der Waals surface area contributed by atoms with Crippen LogP contribution in [0.1, 0.15) is 45.4 Å². The summed E-state index contributed by atoms with van der Waals surface area (Å²) in [6, 6.07) is 0. The van der Waals surface area contributed by atoms with E-state index >= 15 is 0 Å². The Bertz CT molecular complexity index is 102. The van der Waals surface area contributed by atoms with Crippen LogP contribution in [0.3, 0.4) is 0 Å². The van der Waals surface area contributed by atoms with Gasteiger partial charge in [0.25, 0.3) is 0 Å². The maximum absolute atomic E-state index is 10.8. The van der Waals surface area contributed by atoms with Gasteiger partial charge in [0.1, 0.15) is 5.78 Å². The minimum absolute atomic E-state index is 0.405. The second-order valence-corrected chi connectivity index (χ2v) is 3.60. The van der Waals surface area contributed by atoms with E-state index in [4.69, 9.17) is 0 Å². The van der Waals surface area contributed by atoms with E-state index in [-0.39, 0.29) is 0 Å². The molecule has 0 atom stereocenters. The average Bonchev–Trinajstić information content (AvgIpc) is 2.04. The molecular formula is C9H17IO. The SMILES string of the molecule is CCCCCCCC(=O)CI. The van der Waals surface area contributed by atoms with Crippen molar-refractivity contribution in [3.8, 4) is 0 Å². The van der Waals surface area contributed by atoms with Crippen LogP contribution in [0.15, 0.2) is 0 Å². The first kappa shape index (κ1) is 11.4. The third-order valence-electron chi connectivity index (χ3n) is 1.71. The molecule has 0 aliphatic heterocycles. The number of rotatable bonds is 7. The first-order valence-electron chi connectivity index (χ1n) is 4.39. The monoisotopic (exact) mass is 268 g/mol. The topological polar surface area (TPSA) is 17.1 Å². The van der Waals surface area contributed by atoms with Gasteiger partial charge in [-0.05, 0) is 6.42 Å². The molecule has 0 N–H and O–H groups in total. The summed E-state index contributed by atoms with van der Waals surface area (Å²) in [6.07, 6.45) is 7.02. The highest BCUT2D eigenvalue weighted by atomic mass is 127. The predicted molar refractivity (Wildman–Crippen MR) is 57.3 cm³/mol. The molecule has 0 saturated carbocycles. The Morgan fingerprint density at radius 1 is 1.18 bits per heavy atom. The standard InChI is InChI=1S/C9H17IO/c1-2-3-4-5-6-7-9(11)8-10/h2-8H2,1H3. The van der Waals surface area contributed by atoms with Crippen LogP contribution >= 0.6 is 22.6 Å². The molecule has 0 rings (SSSR count). The van der Waals surface area contributed by atoms with Crippen molar-refractivity contribution in [3.05, 3.63) is 0 Å². The van der Waals surface area contributed by atoms with E-state index in [1.807, 2.05) is 0 Å². The molecule has 0 fully saturated rings. The van der Waals surface area contributed by atoms with Crippen LogP contribution in [0.25, 0.3) is 0 Å². The molecule has 0 heterocycles. The van der Waals surface area contributed by atoms with Crippen molar-refractivity contribution in [2.24, 2.45) is 0 Å². The van der Waals surface area contributed by atoms with Gasteiger partial charge in [0.05, 0.1) is 4.43 Å². The van der Waals surface area contributed by atoms with Gasteiger partial charge in [0.2, 0.25) is 0 Å². The quantitative estimate of drug-likeness (QED) is 0.393. The lowest BCUT2D eigenvalue weighted by atomic mass is 10.1. The molecule has 0 radical (unpaired) electrons. The summed E-state index contributed by atoms with van der Waals surface area (Å²) >= 11 is 2.13. The van der Waals surface area contributed by atoms with Gasteiger partial charge >= 0.3 is 0 Å². The fraction of sp³-hybridized carbons (Fsp3) is 0.889. The predicted octanol–water partition coefficient (Wildman–Crippen LogP) is 3.35. The molecule has 0 spiro atoms. The zero-order valence-corrected chi connectivity index (χ0v) is 9.39. The van der Waals surface area contributed by atoms with E-state index in [1.165, 1.54) is 25.7 Å². The number of unbranched alkanes of at least 4 members (excludes halogenated alkanes) is 4. The lowest BCUT2D eigenvalue weighted by Crippen LogP contribution is -1.97. The summed E-state index contributed by atoms with van der Waals surface area (Å²) in [5.74, 6) is 0.405. The lowest BCUT2D eigenvalue weighted by Gasteiger charge is -1.97. The first-order chi connectivity index (χ1) is 5.31. The van der Waals surface area contributed by atoms with Gasteiger partial charge in [0.15, 0.2) is 0 Å². The van der Waals surface area contributed by atoms with Crippen molar-refractivity contribution in [3.63, 3.8) is 0 Å². The number of carbonyl (C=O) groups excluding carboxylic acids is 1. The smallest absolute Gasteiger partial charge is 0.142 e. The Labute approximate surface area is 83.1 Å². The molecule has 0 bridgehead atoms. The molecule has 0 amide bonds. The van der Waals surface area contributed by atoms with Crippen molar-refractivity contribution in [2.45, 2.75) is 45.4 Å². The van der Waals surface area contributed by atoms with Crippen molar-refractivity contribution in [1.29, 1.82) is 0 Å². The molecule has 0 aromatic heterocycles. The maximum atomic E-state index is 10.8. The van der Waals surface area contributed by atoms with Crippen LogP contribution in [-0.2, 0) is 4.79 Å². The van der Waals surface area contributed by atoms with Gasteiger partial charge in [-0.2, -0.15) is 0 Å². The third-order valence-corrected chi connectivity index (χ3v) is 2.56. The molecule has 2 heteroatoms. The second-order valence-electron chi connectivity index (χ2n) is 2.84. The molecule has 0 aliphatic carbocycles. The summed E-state index contributed by atoms with van der Waals surface area (Å²) in [5, 5.41) is 0. The van der Waals surface area contributed by atoms with Crippen LogP contribution in [-0.4, -0.2) is 10.2 Å². The van der Waals surface area contributed by atoms with Crippen molar-refractivity contribution >= 4 is 28.4 Å². The number of alkyl halides is 1. The highest BCUT2D eigenvalue weighted by Gasteiger charge is 1.97. The number of Topliss-reactive ketones (excluding diaryl/α,β-unsaturated/α-hetero) is 1. The van der Waals surface area contributed by atoms with Crippen molar-refractivity contribution in [2.75, 3.05) is 4.43 Å². The molecular weight excluding hydrogens is 251 g/mol. The summed E-state index contributed by atoms with van der Waals surface area (Å²) in [5.41, 5.74) is 0. The van der Waals surface area contributed by atoms with Crippen LogP contribution in [0, 0.1) is 0 Å². The molecule has 11 heavy (non-hydrogen) atoms. The van der Waals surface area contributed by atoms with Crippen LogP contribution in [0.2, 0.25) is 0 Å². The van der Waals surface area contributed by atoms with E-state index < -0.39 is 0 Å². The van der Waals surface area contributed by atoms with E-state index in [9.17, 15) is 4.79 Å². The van der Waals surface area contributed by atoms with Crippen molar-refractivity contribution in [1.82, 2.24) is 0 Å². The summed E-state index contributed by atoms with van der Waals surface area (Å²) in [4.78, 5) is 10.8.